The number of aromatic nitrogens is 2. The van der Waals surface area contributed by atoms with E-state index in [1.165, 1.54) is 19.4 Å². The second-order valence-corrected chi connectivity index (χ2v) is 3.51. The minimum atomic E-state index is -0.438. The quantitative estimate of drug-likeness (QED) is 0.838. The summed E-state index contributed by atoms with van der Waals surface area (Å²) in [5.74, 6) is 0.321. The summed E-state index contributed by atoms with van der Waals surface area (Å²) in [5, 5.41) is 6.17. The third-order valence-corrected chi connectivity index (χ3v) is 2.15. The van der Waals surface area contributed by atoms with Crippen LogP contribution in [0, 0.1) is 0 Å². The molecule has 94 valence electrons. The van der Waals surface area contributed by atoms with Crippen LogP contribution in [0.4, 0.5) is 11.5 Å². The molecular formula is C11H12N4O3. The zero-order chi connectivity index (χ0) is 13.0. The van der Waals surface area contributed by atoms with E-state index in [2.05, 4.69) is 15.5 Å². The van der Waals surface area contributed by atoms with E-state index in [1.807, 2.05) is 0 Å². The molecule has 0 radical (unpaired) electrons. The summed E-state index contributed by atoms with van der Waals surface area (Å²) in [6.07, 6.45) is 1.53. The highest BCUT2D eigenvalue weighted by atomic mass is 16.5. The molecule has 0 spiro atoms. The molecule has 3 N–H and O–H groups in total. The number of methoxy groups -OCH3 is 1. The number of anilines is 2. The van der Waals surface area contributed by atoms with Gasteiger partial charge in [-0.05, 0) is 12.1 Å². The molecule has 0 aliphatic rings. The number of pyridine rings is 1. The summed E-state index contributed by atoms with van der Waals surface area (Å²) >= 11 is 0. The Morgan fingerprint density at radius 1 is 1.61 bits per heavy atom. The zero-order valence-corrected chi connectivity index (χ0v) is 9.71. The van der Waals surface area contributed by atoms with Crippen LogP contribution in [-0.4, -0.2) is 23.2 Å². The maximum absolute atomic E-state index is 11.8. The number of ether oxygens (including phenoxy) is 1. The molecule has 0 bridgehead atoms. The van der Waals surface area contributed by atoms with Crippen LogP contribution < -0.4 is 11.1 Å². The van der Waals surface area contributed by atoms with Crippen molar-refractivity contribution >= 4 is 17.4 Å². The van der Waals surface area contributed by atoms with Gasteiger partial charge < -0.3 is 20.3 Å². The molecular weight excluding hydrogens is 236 g/mol. The molecule has 18 heavy (non-hydrogen) atoms. The fraction of sp³-hybridized carbons (Fsp3) is 0.182. The first-order valence-electron chi connectivity index (χ1n) is 5.17. The number of nitrogens with one attached hydrogen (secondary N) is 1. The second-order valence-electron chi connectivity index (χ2n) is 3.51. The lowest BCUT2D eigenvalue weighted by atomic mass is 10.3. The van der Waals surface area contributed by atoms with Gasteiger partial charge in [0.2, 0.25) is 0 Å². The Labute approximate surface area is 103 Å². The molecule has 2 rings (SSSR count). The summed E-state index contributed by atoms with van der Waals surface area (Å²) < 4.78 is 9.77. The van der Waals surface area contributed by atoms with Crippen molar-refractivity contribution in [2.45, 2.75) is 6.61 Å². The lowest BCUT2D eigenvalue weighted by Crippen LogP contribution is -2.14. The molecule has 0 aromatic carbocycles. The molecule has 2 heterocycles. The lowest BCUT2D eigenvalue weighted by Gasteiger charge is -2.03. The van der Waals surface area contributed by atoms with Crippen molar-refractivity contribution in [1.29, 1.82) is 0 Å². The predicted molar refractivity (Wildman–Crippen MR) is 63.8 cm³/mol. The molecule has 2 aromatic rings. The van der Waals surface area contributed by atoms with Gasteiger partial charge in [-0.1, -0.05) is 5.16 Å². The number of carbonyl (C=O) groups excluding carboxylic acids is 1. The average molecular weight is 248 g/mol. The fourth-order valence-corrected chi connectivity index (χ4v) is 1.32. The van der Waals surface area contributed by atoms with Crippen LogP contribution in [0.5, 0.6) is 0 Å². The Kier molecular flexibility index (Phi) is 3.54. The number of nitrogens with zero attached hydrogens (tertiary/aromatic N) is 2. The van der Waals surface area contributed by atoms with E-state index in [1.54, 1.807) is 12.1 Å². The highest BCUT2D eigenvalue weighted by Gasteiger charge is 2.14. The number of amides is 1. The molecule has 2 aromatic heterocycles. The number of carbonyl (C=O) groups is 1. The molecule has 0 unspecified atom stereocenters. The predicted octanol–water partition coefficient (Wildman–Crippen LogP) is 1.05. The van der Waals surface area contributed by atoms with Crippen LogP contribution in [0.25, 0.3) is 0 Å². The van der Waals surface area contributed by atoms with Gasteiger partial charge in [0.1, 0.15) is 6.61 Å². The number of hydrogen-bond donors (Lipinski definition) is 2. The van der Waals surface area contributed by atoms with Crippen LogP contribution in [0.2, 0.25) is 0 Å². The molecule has 0 fully saturated rings. The largest absolute Gasteiger partial charge is 0.396 e. The minimum Gasteiger partial charge on any atom is -0.396 e. The standard InChI is InChI=1S/C11H12N4O3/c1-17-6-7-5-9(15-18-7)11(16)14-10-8(12)3-2-4-13-10/h2-5H,6,12H2,1H3,(H,13,14,16). The Hall–Kier alpha value is -2.41. The summed E-state index contributed by atoms with van der Waals surface area (Å²) in [6.45, 7) is 0.256. The first kappa shape index (κ1) is 12.1. The van der Waals surface area contributed by atoms with Crippen molar-refractivity contribution in [2.75, 3.05) is 18.2 Å². The van der Waals surface area contributed by atoms with E-state index in [-0.39, 0.29) is 12.3 Å². The van der Waals surface area contributed by atoms with Gasteiger partial charge in [-0.15, -0.1) is 0 Å². The van der Waals surface area contributed by atoms with E-state index >= 15 is 0 Å². The first-order chi connectivity index (χ1) is 8.70. The summed E-state index contributed by atoms with van der Waals surface area (Å²) in [4.78, 5) is 15.8. The van der Waals surface area contributed by atoms with Gasteiger partial charge in [0.05, 0.1) is 5.69 Å². The molecule has 0 atom stereocenters. The molecule has 0 aliphatic carbocycles. The molecule has 0 saturated carbocycles. The SMILES string of the molecule is COCc1cc(C(=O)Nc2ncccc2N)no1. The topological polar surface area (TPSA) is 103 Å². The van der Waals surface area contributed by atoms with Crippen LogP contribution >= 0.6 is 0 Å². The normalized spacial score (nSPS) is 10.3. The van der Waals surface area contributed by atoms with Crippen LogP contribution in [0.3, 0.4) is 0 Å². The highest BCUT2D eigenvalue weighted by Crippen LogP contribution is 2.14. The van der Waals surface area contributed by atoms with Gasteiger partial charge in [-0.3, -0.25) is 4.79 Å². The monoisotopic (exact) mass is 248 g/mol. The third kappa shape index (κ3) is 2.64. The van der Waals surface area contributed by atoms with Gasteiger partial charge in [0.15, 0.2) is 17.3 Å². The number of hydrogen-bond acceptors (Lipinski definition) is 6. The molecule has 1 amide bonds. The first-order valence-corrected chi connectivity index (χ1v) is 5.17. The summed E-state index contributed by atoms with van der Waals surface area (Å²) in [6, 6.07) is 4.82. The number of nitrogens with two attached hydrogens (primary N) is 1. The van der Waals surface area contributed by atoms with Crippen molar-refractivity contribution in [1.82, 2.24) is 10.1 Å². The van der Waals surface area contributed by atoms with E-state index in [9.17, 15) is 4.79 Å². The lowest BCUT2D eigenvalue weighted by molar-refractivity contribution is 0.101. The van der Waals surface area contributed by atoms with Crippen molar-refractivity contribution in [2.24, 2.45) is 0 Å². The van der Waals surface area contributed by atoms with Crippen LogP contribution in [-0.2, 0) is 11.3 Å². The minimum absolute atomic E-state index is 0.145. The van der Waals surface area contributed by atoms with Crippen molar-refractivity contribution in [3.8, 4) is 0 Å². The summed E-state index contributed by atoms with van der Waals surface area (Å²) in [7, 11) is 1.52. The second kappa shape index (κ2) is 5.28. The van der Waals surface area contributed by atoms with E-state index < -0.39 is 5.91 Å². The van der Waals surface area contributed by atoms with E-state index in [0.29, 0.717) is 17.3 Å². The molecule has 0 aliphatic heterocycles. The number of nitrogen functional groups attached to an aromatic ring is 1. The average Bonchev–Trinajstić information content (AvgIpc) is 2.81. The fourth-order valence-electron chi connectivity index (χ4n) is 1.32. The Balaban J connectivity index is 2.10. The zero-order valence-electron chi connectivity index (χ0n) is 9.71. The van der Waals surface area contributed by atoms with Crippen LogP contribution in [0.1, 0.15) is 16.2 Å². The Bertz CT molecular complexity index is 553. The van der Waals surface area contributed by atoms with E-state index in [0.717, 1.165) is 0 Å². The molecule has 0 saturated heterocycles. The number of rotatable bonds is 4. The van der Waals surface area contributed by atoms with Crippen molar-refractivity contribution in [3.05, 3.63) is 35.9 Å². The molecule has 7 nitrogen and oxygen atoms in total. The van der Waals surface area contributed by atoms with Gasteiger partial charge in [-0.25, -0.2) is 4.98 Å². The van der Waals surface area contributed by atoms with Gasteiger partial charge >= 0.3 is 0 Å². The maximum atomic E-state index is 11.8. The van der Waals surface area contributed by atoms with Crippen molar-refractivity contribution < 1.29 is 14.1 Å². The Morgan fingerprint density at radius 3 is 3.17 bits per heavy atom. The van der Waals surface area contributed by atoms with Gasteiger partial charge in [-0.2, -0.15) is 0 Å². The Morgan fingerprint density at radius 2 is 2.44 bits per heavy atom. The van der Waals surface area contributed by atoms with Gasteiger partial charge in [0, 0.05) is 19.4 Å². The van der Waals surface area contributed by atoms with Gasteiger partial charge in [0.25, 0.3) is 5.91 Å². The molecule has 7 heteroatoms. The smallest absolute Gasteiger partial charge is 0.279 e. The highest BCUT2D eigenvalue weighted by molar-refractivity contribution is 6.03. The van der Waals surface area contributed by atoms with Crippen molar-refractivity contribution in [3.63, 3.8) is 0 Å². The third-order valence-electron chi connectivity index (χ3n) is 2.15. The summed E-state index contributed by atoms with van der Waals surface area (Å²) in [5.41, 5.74) is 6.19. The van der Waals surface area contributed by atoms with Crippen LogP contribution in [0.15, 0.2) is 28.9 Å². The van der Waals surface area contributed by atoms with E-state index in [4.69, 9.17) is 15.0 Å². The maximum Gasteiger partial charge on any atom is 0.279 e.